The predicted octanol–water partition coefficient (Wildman–Crippen LogP) is 8.68. The molecule has 6 heterocycles. The van der Waals surface area contributed by atoms with Crippen molar-refractivity contribution in [1.29, 1.82) is 0 Å². The minimum absolute atomic E-state index is 0.0747. The lowest BCUT2D eigenvalue weighted by atomic mass is 9.72. The standard InChI is InChI=1S/2C37H52N6O5S/c2*1-24(20-39(2)3)42-21-31-30-19-27(48-8)15-17-28(30)34-33(25-12-10-9-11-13-25)29-16-14-26(35(44)38-49(46,47)41(6)7)18-32(29)43(34)23-37(31,22-42)36(45)40(4)5/h2*14-19,24-25,31H,9-13,20-23H2,1-8H3,(H,38,44)/t24-,31+,37+;24-,31-,37-/m10/s1. The summed E-state index contributed by atoms with van der Waals surface area (Å²) in [6.07, 6.45) is 11.3. The smallest absolute Gasteiger partial charge is 0.303 e. The highest BCUT2D eigenvalue weighted by Gasteiger charge is 2.59. The predicted molar refractivity (Wildman–Crippen MR) is 387 cm³/mol. The molecule has 12 rings (SSSR count). The molecular formula is C74H104N12O10S2. The fourth-order valence-electron chi connectivity index (χ4n) is 17.4. The van der Waals surface area contributed by atoms with Gasteiger partial charge in [0.05, 0.1) is 36.4 Å². The summed E-state index contributed by atoms with van der Waals surface area (Å²) in [5.74, 6) is 0.723. The lowest BCUT2D eigenvalue weighted by Crippen LogP contribution is -2.48. The molecule has 22 nitrogen and oxygen atoms in total. The molecule has 6 aliphatic rings. The van der Waals surface area contributed by atoms with Crippen LogP contribution in [0.4, 0.5) is 0 Å². The van der Waals surface area contributed by atoms with Crippen LogP contribution in [0, 0.1) is 10.8 Å². The second kappa shape index (κ2) is 28.3. The van der Waals surface area contributed by atoms with Crippen LogP contribution in [0.25, 0.3) is 44.3 Å². The Morgan fingerprint density at radius 2 is 0.857 bits per heavy atom. The molecule has 6 atom stereocenters. The Hall–Kier alpha value is -6.90. The van der Waals surface area contributed by atoms with Crippen LogP contribution in [0.15, 0.2) is 72.8 Å². The zero-order valence-electron chi connectivity index (χ0n) is 60.5. The molecule has 0 bridgehead atoms. The van der Waals surface area contributed by atoms with Crippen molar-refractivity contribution in [3.05, 3.63) is 106 Å². The summed E-state index contributed by atoms with van der Waals surface area (Å²) in [6.45, 7) is 9.67. The van der Waals surface area contributed by atoms with Gasteiger partial charge in [-0.05, 0) is 162 Å². The van der Waals surface area contributed by atoms with Gasteiger partial charge in [0.2, 0.25) is 11.8 Å². The number of hydrogen-bond acceptors (Lipinski definition) is 14. The molecule has 2 saturated heterocycles. The largest absolute Gasteiger partial charge is 0.497 e. The van der Waals surface area contributed by atoms with Gasteiger partial charge in [0, 0.05) is 177 Å². The first-order chi connectivity index (χ1) is 46.4. The van der Waals surface area contributed by atoms with E-state index in [1.165, 1.54) is 52.2 Å². The van der Waals surface area contributed by atoms with Gasteiger partial charge >= 0.3 is 20.4 Å². The molecule has 4 amide bonds. The van der Waals surface area contributed by atoms with E-state index in [2.05, 4.69) is 104 Å². The summed E-state index contributed by atoms with van der Waals surface area (Å²) < 4.78 is 73.2. The summed E-state index contributed by atoms with van der Waals surface area (Å²) in [5, 5.41) is 2.11. The summed E-state index contributed by atoms with van der Waals surface area (Å²) in [7, 11) is 16.6. The Bertz CT molecular complexity index is 3990. The maximum atomic E-state index is 14.8. The first kappa shape index (κ1) is 72.4. The monoisotopic (exact) mass is 1380 g/mol. The Kier molecular flexibility index (Phi) is 20.9. The van der Waals surface area contributed by atoms with E-state index in [1.807, 2.05) is 64.6 Å². The number of carbonyl (C=O) groups excluding carboxylic acids is 4. The molecule has 0 unspecified atom stereocenters. The normalized spacial score (nSPS) is 22.0. The van der Waals surface area contributed by atoms with Gasteiger partial charge in [-0.2, -0.15) is 25.4 Å². The van der Waals surface area contributed by atoms with Crippen molar-refractivity contribution in [2.24, 2.45) is 10.8 Å². The zero-order chi connectivity index (χ0) is 70.8. The molecule has 0 spiro atoms. The second-order valence-electron chi connectivity index (χ2n) is 30.1. The third kappa shape index (κ3) is 13.4. The van der Waals surface area contributed by atoms with Crippen LogP contribution < -0.4 is 18.9 Å². The van der Waals surface area contributed by atoms with Crippen LogP contribution in [0.2, 0.25) is 0 Å². The van der Waals surface area contributed by atoms with Gasteiger partial charge in [-0.1, -0.05) is 50.7 Å². The van der Waals surface area contributed by atoms with E-state index in [1.54, 1.807) is 36.2 Å². The van der Waals surface area contributed by atoms with E-state index in [0.717, 1.165) is 153 Å². The molecule has 98 heavy (non-hydrogen) atoms. The third-order valence-corrected chi connectivity index (χ3v) is 24.9. The maximum Gasteiger partial charge on any atom is 0.303 e. The van der Waals surface area contributed by atoms with Gasteiger partial charge < -0.3 is 38.2 Å². The van der Waals surface area contributed by atoms with Crippen LogP contribution in [0.1, 0.15) is 145 Å². The Balaban J connectivity index is 0.000000198. The average molecular weight is 1390 g/mol. The van der Waals surface area contributed by atoms with E-state index in [4.69, 9.17) is 9.47 Å². The molecule has 4 aliphatic heterocycles. The number of fused-ring (bicyclic) bond motifs is 14. The van der Waals surface area contributed by atoms with E-state index in [-0.39, 0.29) is 46.9 Å². The van der Waals surface area contributed by atoms with Gasteiger partial charge in [-0.3, -0.25) is 29.0 Å². The Morgan fingerprint density at radius 3 is 1.17 bits per heavy atom. The van der Waals surface area contributed by atoms with Crippen LogP contribution >= 0.6 is 0 Å². The number of hydrogen-bond donors (Lipinski definition) is 2. The van der Waals surface area contributed by atoms with Crippen molar-refractivity contribution < 1.29 is 45.5 Å². The van der Waals surface area contributed by atoms with Gasteiger partial charge in [-0.15, -0.1) is 0 Å². The molecule has 24 heteroatoms. The number of nitrogens with one attached hydrogen (secondary N) is 2. The highest BCUT2D eigenvalue weighted by atomic mass is 32.2. The number of carbonyl (C=O) groups is 4. The number of likely N-dealkylation sites (tertiary alicyclic amines) is 2. The van der Waals surface area contributed by atoms with Gasteiger partial charge in [0.15, 0.2) is 0 Å². The summed E-state index contributed by atoms with van der Waals surface area (Å²) in [4.78, 5) is 69.2. The number of likely N-dealkylation sites (N-methyl/N-ethyl adjacent to an activating group) is 2. The number of amides is 4. The van der Waals surface area contributed by atoms with E-state index >= 15 is 0 Å². The Labute approximate surface area is 580 Å². The molecular weight excluding hydrogens is 1280 g/mol. The molecule has 4 aromatic carbocycles. The highest BCUT2D eigenvalue weighted by molar-refractivity contribution is 7.88. The fourth-order valence-corrected chi connectivity index (χ4v) is 18.5. The van der Waals surface area contributed by atoms with Crippen molar-refractivity contribution in [1.82, 2.24) is 56.6 Å². The third-order valence-electron chi connectivity index (χ3n) is 22.1. The quantitative estimate of drug-likeness (QED) is 0.0824. The number of nitrogens with zero attached hydrogens (tertiary/aromatic N) is 10. The van der Waals surface area contributed by atoms with Gasteiger partial charge in [0.1, 0.15) is 11.5 Å². The fraction of sp³-hybridized carbons (Fsp3) is 0.568. The second-order valence-corrected chi connectivity index (χ2v) is 33.8. The lowest BCUT2D eigenvalue weighted by Gasteiger charge is -2.36. The van der Waals surface area contributed by atoms with E-state index < -0.39 is 43.1 Å². The summed E-state index contributed by atoms with van der Waals surface area (Å²) >= 11 is 0. The number of rotatable bonds is 18. The summed E-state index contributed by atoms with van der Waals surface area (Å²) in [6, 6.07) is 24.1. The maximum absolute atomic E-state index is 14.8. The number of benzene rings is 4. The number of methoxy groups -OCH3 is 2. The topological polar surface area (TPSA) is 215 Å². The van der Waals surface area contributed by atoms with Crippen LogP contribution in [-0.4, -0.2) is 238 Å². The first-order valence-electron chi connectivity index (χ1n) is 34.8. The van der Waals surface area contributed by atoms with Gasteiger partial charge in [-0.25, -0.2) is 9.44 Å². The van der Waals surface area contributed by atoms with Crippen molar-refractivity contribution in [2.75, 3.05) is 138 Å². The van der Waals surface area contributed by atoms with E-state index in [0.29, 0.717) is 38.0 Å². The van der Waals surface area contributed by atoms with Crippen LogP contribution in [0.3, 0.4) is 0 Å². The Morgan fingerprint density at radius 1 is 0.500 bits per heavy atom. The molecule has 2 N–H and O–H groups in total. The molecule has 2 saturated carbocycles. The molecule has 532 valence electrons. The van der Waals surface area contributed by atoms with Gasteiger partial charge in [0.25, 0.3) is 11.8 Å². The SMILES string of the molecule is COc1ccc2c(c1)[C@@H]1CN([C@@H](C)CN(C)C)C[C@]1(C(=O)N(C)C)Cn1c-2c(C2CCCCC2)c2ccc(C(=O)NS(=O)(=O)N(C)C)cc21.COc1ccc2c(c1)[C@@H]1CN([C@H](C)CN(C)C)C[C@]1(C(=O)N(C)C)Cn1c-2c(C2CCCCC2)c2ccc(C(=O)NS(=O)(=O)N(C)C)cc21. The molecule has 2 aliphatic carbocycles. The average Bonchev–Trinajstić information content (AvgIpc) is 1.55. The minimum Gasteiger partial charge on any atom is -0.497 e. The van der Waals surface area contributed by atoms with E-state index in [9.17, 15) is 36.0 Å². The highest BCUT2D eigenvalue weighted by Crippen LogP contribution is 2.58. The number of ether oxygens (including phenoxy) is 2. The molecule has 2 aromatic heterocycles. The van der Waals surface area contributed by atoms with Crippen molar-refractivity contribution in [3.63, 3.8) is 0 Å². The number of aromatic nitrogens is 2. The van der Waals surface area contributed by atoms with Crippen molar-refractivity contribution in [3.8, 4) is 34.0 Å². The zero-order valence-corrected chi connectivity index (χ0v) is 62.1. The van der Waals surface area contributed by atoms with Crippen LogP contribution in [-0.2, 0) is 43.1 Å². The van der Waals surface area contributed by atoms with Crippen molar-refractivity contribution in [2.45, 2.75) is 127 Å². The lowest BCUT2D eigenvalue weighted by molar-refractivity contribution is -0.141. The van der Waals surface area contributed by atoms with Crippen LogP contribution in [0.5, 0.6) is 11.5 Å². The first-order valence-corrected chi connectivity index (χ1v) is 37.6. The minimum atomic E-state index is -3.99. The molecule has 4 fully saturated rings. The van der Waals surface area contributed by atoms with Crippen molar-refractivity contribution >= 4 is 65.9 Å². The summed E-state index contributed by atoms with van der Waals surface area (Å²) in [5.41, 5.74) is 9.74. The molecule has 6 aromatic rings. The molecule has 0 radical (unpaired) electrons.